The summed E-state index contributed by atoms with van der Waals surface area (Å²) < 4.78 is 22.6. The van der Waals surface area contributed by atoms with E-state index in [4.69, 9.17) is 11.6 Å². The molecule has 1 aromatic carbocycles. The Hall–Kier alpha value is -0.980. The van der Waals surface area contributed by atoms with Gasteiger partial charge in [0.2, 0.25) is 14.2 Å². The third-order valence-corrected chi connectivity index (χ3v) is 5.35. The molecule has 0 unspecified atom stereocenters. The van der Waals surface area contributed by atoms with Crippen molar-refractivity contribution in [1.82, 2.24) is 10.2 Å². The molecule has 96 valence electrons. The van der Waals surface area contributed by atoms with Gasteiger partial charge in [-0.25, -0.2) is 8.42 Å². The van der Waals surface area contributed by atoms with Gasteiger partial charge in [-0.3, -0.25) is 0 Å². The van der Waals surface area contributed by atoms with Gasteiger partial charge in [-0.2, -0.15) is 0 Å². The van der Waals surface area contributed by atoms with E-state index in [0.29, 0.717) is 16.5 Å². The molecule has 18 heavy (non-hydrogen) atoms. The Balaban J connectivity index is 2.08. The van der Waals surface area contributed by atoms with Crippen LogP contribution < -0.4 is 0 Å². The lowest BCUT2D eigenvalue weighted by molar-refractivity contribution is 0.600. The average molecular weight is 303 g/mol. The van der Waals surface area contributed by atoms with E-state index < -0.39 is 9.84 Å². The van der Waals surface area contributed by atoms with E-state index in [0.717, 1.165) is 29.6 Å². The van der Waals surface area contributed by atoms with Crippen LogP contribution in [0.2, 0.25) is 5.02 Å². The summed E-state index contributed by atoms with van der Waals surface area (Å²) in [5, 5.41) is 8.96. The number of aryl methyl sites for hydroxylation is 2. The highest BCUT2D eigenvalue weighted by Crippen LogP contribution is 2.20. The smallest absolute Gasteiger partial charge is 0.221 e. The van der Waals surface area contributed by atoms with Gasteiger partial charge in [0.25, 0.3) is 0 Å². The number of nitrogens with zero attached hydrogens (tertiary/aromatic N) is 2. The Morgan fingerprint density at radius 3 is 2.56 bits per heavy atom. The summed E-state index contributed by atoms with van der Waals surface area (Å²) in [6, 6.07) is 7.57. The first-order valence-corrected chi connectivity index (χ1v) is 8.31. The van der Waals surface area contributed by atoms with Crippen LogP contribution in [0, 0.1) is 0 Å². The zero-order chi connectivity index (χ0) is 13.2. The summed E-state index contributed by atoms with van der Waals surface area (Å²) >= 11 is 7.15. The van der Waals surface area contributed by atoms with E-state index in [2.05, 4.69) is 10.2 Å². The second-order valence-corrected chi connectivity index (χ2v) is 7.48. The van der Waals surface area contributed by atoms with Gasteiger partial charge in [0.1, 0.15) is 5.01 Å². The van der Waals surface area contributed by atoms with E-state index in [1.54, 1.807) is 0 Å². The molecule has 0 N–H and O–H groups in total. The molecule has 4 nitrogen and oxygen atoms in total. The zero-order valence-corrected chi connectivity index (χ0v) is 12.0. The van der Waals surface area contributed by atoms with E-state index >= 15 is 0 Å². The summed E-state index contributed by atoms with van der Waals surface area (Å²) in [5.74, 6) is 0. The second kappa shape index (κ2) is 5.34. The van der Waals surface area contributed by atoms with Crippen LogP contribution in [0.5, 0.6) is 0 Å². The molecule has 0 fully saturated rings. The SMILES string of the molecule is CS(=O)(=O)c1nnc(CCc2ccccc2Cl)s1. The molecule has 2 rings (SSSR count). The summed E-state index contributed by atoms with van der Waals surface area (Å²) in [4.78, 5) is 0. The largest absolute Gasteiger partial charge is 0.232 e. The first kappa shape index (κ1) is 13.5. The lowest BCUT2D eigenvalue weighted by atomic mass is 10.1. The Morgan fingerprint density at radius 2 is 1.94 bits per heavy atom. The predicted molar refractivity (Wildman–Crippen MR) is 71.9 cm³/mol. The lowest BCUT2D eigenvalue weighted by Gasteiger charge is -2.00. The highest BCUT2D eigenvalue weighted by Gasteiger charge is 2.14. The molecule has 0 bridgehead atoms. The molecule has 0 aliphatic carbocycles. The van der Waals surface area contributed by atoms with Crippen molar-refractivity contribution in [3.63, 3.8) is 0 Å². The van der Waals surface area contributed by atoms with Crippen molar-refractivity contribution in [1.29, 1.82) is 0 Å². The topological polar surface area (TPSA) is 59.9 Å². The van der Waals surface area contributed by atoms with E-state index in [1.807, 2.05) is 24.3 Å². The van der Waals surface area contributed by atoms with Crippen molar-refractivity contribution >= 4 is 32.8 Å². The van der Waals surface area contributed by atoms with Crippen molar-refractivity contribution in [2.75, 3.05) is 6.26 Å². The number of benzene rings is 1. The van der Waals surface area contributed by atoms with Gasteiger partial charge in [0, 0.05) is 17.7 Å². The van der Waals surface area contributed by atoms with Crippen LogP contribution in [0.4, 0.5) is 0 Å². The Labute approximate surface area is 115 Å². The van der Waals surface area contributed by atoms with Crippen LogP contribution in [0.3, 0.4) is 0 Å². The molecule has 0 aliphatic heterocycles. The van der Waals surface area contributed by atoms with Crippen LogP contribution >= 0.6 is 22.9 Å². The van der Waals surface area contributed by atoms with Crippen molar-refractivity contribution in [2.24, 2.45) is 0 Å². The van der Waals surface area contributed by atoms with Gasteiger partial charge >= 0.3 is 0 Å². The number of sulfone groups is 1. The Bertz CT molecular complexity index is 653. The van der Waals surface area contributed by atoms with Crippen molar-refractivity contribution in [2.45, 2.75) is 17.2 Å². The zero-order valence-electron chi connectivity index (χ0n) is 9.63. The van der Waals surface area contributed by atoms with E-state index in [9.17, 15) is 8.42 Å². The standard InChI is InChI=1S/C11H11ClN2O2S2/c1-18(15,16)11-14-13-10(17-11)7-6-8-4-2-3-5-9(8)12/h2-5H,6-7H2,1H3. The molecule has 1 heterocycles. The van der Waals surface area contributed by atoms with Gasteiger partial charge in [0.05, 0.1) is 0 Å². The fourth-order valence-electron chi connectivity index (χ4n) is 1.43. The summed E-state index contributed by atoms with van der Waals surface area (Å²) in [7, 11) is -3.25. The van der Waals surface area contributed by atoms with Gasteiger partial charge in [-0.15, -0.1) is 10.2 Å². The predicted octanol–water partition coefficient (Wildman–Crippen LogP) is 2.38. The van der Waals surface area contributed by atoms with Gasteiger partial charge in [0.15, 0.2) is 0 Å². The second-order valence-electron chi connectivity index (χ2n) is 3.83. The molecule has 0 spiro atoms. The molecule has 0 saturated carbocycles. The van der Waals surface area contributed by atoms with Crippen molar-refractivity contribution in [3.05, 3.63) is 39.9 Å². The van der Waals surface area contributed by atoms with E-state index in [-0.39, 0.29) is 4.34 Å². The van der Waals surface area contributed by atoms with Gasteiger partial charge in [-0.1, -0.05) is 41.1 Å². The van der Waals surface area contributed by atoms with Crippen LogP contribution in [-0.2, 0) is 22.7 Å². The number of rotatable bonds is 4. The highest BCUT2D eigenvalue weighted by atomic mass is 35.5. The number of halogens is 1. The van der Waals surface area contributed by atoms with Crippen molar-refractivity contribution < 1.29 is 8.42 Å². The number of hydrogen-bond donors (Lipinski definition) is 0. The summed E-state index contributed by atoms with van der Waals surface area (Å²) in [6.45, 7) is 0. The summed E-state index contributed by atoms with van der Waals surface area (Å²) in [5.41, 5.74) is 1.02. The average Bonchev–Trinajstić information content (AvgIpc) is 2.76. The first-order chi connectivity index (χ1) is 8.47. The van der Waals surface area contributed by atoms with Crippen LogP contribution in [0.25, 0.3) is 0 Å². The molecule has 0 amide bonds. The van der Waals surface area contributed by atoms with Gasteiger partial charge < -0.3 is 0 Å². The molecular formula is C11H11ClN2O2S2. The number of hydrogen-bond acceptors (Lipinski definition) is 5. The minimum atomic E-state index is -3.25. The molecule has 2 aromatic rings. The third-order valence-electron chi connectivity index (χ3n) is 2.33. The summed E-state index contributed by atoms with van der Waals surface area (Å²) in [6.07, 6.45) is 2.49. The van der Waals surface area contributed by atoms with Gasteiger partial charge in [-0.05, 0) is 18.1 Å². The Morgan fingerprint density at radius 1 is 1.22 bits per heavy atom. The molecule has 0 radical (unpaired) electrons. The molecule has 0 saturated heterocycles. The molecule has 0 aliphatic rings. The van der Waals surface area contributed by atoms with E-state index in [1.165, 1.54) is 0 Å². The molecule has 0 atom stereocenters. The van der Waals surface area contributed by atoms with Crippen LogP contribution in [0.1, 0.15) is 10.6 Å². The number of aromatic nitrogens is 2. The lowest BCUT2D eigenvalue weighted by Crippen LogP contribution is -1.95. The molecular weight excluding hydrogens is 292 g/mol. The normalized spacial score (nSPS) is 11.7. The Kier molecular flexibility index (Phi) is 3.99. The monoisotopic (exact) mass is 302 g/mol. The third kappa shape index (κ3) is 3.28. The fraction of sp³-hybridized carbons (Fsp3) is 0.273. The quantitative estimate of drug-likeness (QED) is 0.870. The van der Waals surface area contributed by atoms with Crippen LogP contribution in [0.15, 0.2) is 28.6 Å². The maximum Gasteiger partial charge on any atom is 0.232 e. The minimum Gasteiger partial charge on any atom is -0.221 e. The minimum absolute atomic E-state index is 0.0664. The molecule has 1 aromatic heterocycles. The highest BCUT2D eigenvalue weighted by molar-refractivity contribution is 7.92. The first-order valence-electron chi connectivity index (χ1n) is 5.22. The maximum atomic E-state index is 11.3. The van der Waals surface area contributed by atoms with Crippen LogP contribution in [-0.4, -0.2) is 24.9 Å². The maximum absolute atomic E-state index is 11.3. The van der Waals surface area contributed by atoms with Crippen molar-refractivity contribution in [3.8, 4) is 0 Å². The fourth-order valence-corrected chi connectivity index (χ4v) is 3.31. The molecule has 7 heteroatoms.